The summed E-state index contributed by atoms with van der Waals surface area (Å²) in [6, 6.07) is 8.66. The molecule has 0 saturated heterocycles. The fourth-order valence-electron chi connectivity index (χ4n) is 1.53. The summed E-state index contributed by atoms with van der Waals surface area (Å²) in [5.41, 5.74) is 0. The summed E-state index contributed by atoms with van der Waals surface area (Å²) in [6.45, 7) is 3.82. The fraction of sp³-hybridized carbons (Fsp3) is 0.455. The largest absolute Gasteiger partial charge is 0.326 e. The molecule has 0 aromatic heterocycles. The Morgan fingerprint density at radius 1 is 1.11 bits per heavy atom. The monoisotopic (exact) mass is 294 g/mol. The molecule has 7 heteroatoms. The van der Waals surface area contributed by atoms with Gasteiger partial charge in [0, 0.05) is 0 Å². The Kier molecular flexibility index (Phi) is 8.11. The van der Waals surface area contributed by atoms with Gasteiger partial charge in [-0.3, -0.25) is 4.57 Å². The molecule has 0 radical (unpaired) electrons. The van der Waals surface area contributed by atoms with Crippen LogP contribution in [-0.4, -0.2) is 23.5 Å². The molecule has 0 aliphatic carbocycles. The molecular weight excluding hydrogens is 275 g/mol. The van der Waals surface area contributed by atoms with E-state index in [1.807, 2.05) is 19.9 Å². The molecule has 5 nitrogen and oxygen atoms in total. The molecule has 0 aliphatic heterocycles. The van der Waals surface area contributed by atoms with E-state index < -0.39 is 18.1 Å². The van der Waals surface area contributed by atoms with Gasteiger partial charge < -0.3 is 9.79 Å². The first-order valence-electron chi connectivity index (χ1n) is 5.57. The second-order valence-electron chi connectivity index (χ2n) is 3.58. The second kappa shape index (κ2) is 8.43. The van der Waals surface area contributed by atoms with Crippen molar-refractivity contribution in [2.24, 2.45) is 0 Å². The normalized spacial score (nSPS) is 11.2. The van der Waals surface area contributed by atoms with Gasteiger partial charge in [0.1, 0.15) is 0 Å². The van der Waals surface area contributed by atoms with Crippen molar-refractivity contribution in [3.05, 3.63) is 30.3 Å². The molecule has 0 fully saturated rings. The lowest BCUT2D eigenvalue weighted by molar-refractivity contribution is 0.405. The first kappa shape index (κ1) is 17.3. The molecule has 0 aliphatic rings. The predicted molar refractivity (Wildman–Crippen MR) is 71.4 cm³/mol. The van der Waals surface area contributed by atoms with Crippen LogP contribution in [-0.2, 0) is 14.4 Å². The molecule has 0 saturated carbocycles. The number of hydrogen-bond donors (Lipinski definition) is 2. The van der Waals surface area contributed by atoms with E-state index in [4.69, 9.17) is 14.4 Å². The molecule has 0 bridgehead atoms. The van der Waals surface area contributed by atoms with E-state index in [0.717, 1.165) is 0 Å². The van der Waals surface area contributed by atoms with Crippen molar-refractivity contribution in [3.8, 4) is 0 Å². The summed E-state index contributed by atoms with van der Waals surface area (Å²) < 4.78 is 32.7. The highest BCUT2D eigenvalue weighted by atomic mass is 32.2. The smallest absolute Gasteiger partial charge is 0.314 e. The van der Waals surface area contributed by atoms with Crippen molar-refractivity contribution in [1.82, 2.24) is 0 Å². The second-order valence-corrected chi connectivity index (χ2v) is 6.37. The maximum Gasteiger partial charge on any atom is 0.314 e. The molecular formula is C11H19O5PS. The van der Waals surface area contributed by atoms with Crippen LogP contribution < -0.4 is 0 Å². The minimum absolute atomic E-state index is 0.245. The zero-order valence-corrected chi connectivity index (χ0v) is 12.2. The summed E-state index contributed by atoms with van der Waals surface area (Å²) >= 11 is 0. The molecule has 1 rings (SSSR count). The first-order valence-corrected chi connectivity index (χ1v) is 8.41. The van der Waals surface area contributed by atoms with Gasteiger partial charge >= 0.3 is 8.25 Å². The van der Waals surface area contributed by atoms with Crippen molar-refractivity contribution in [2.75, 3.05) is 0 Å². The summed E-state index contributed by atoms with van der Waals surface area (Å²) in [6.07, 6.45) is 1.35. The van der Waals surface area contributed by atoms with Gasteiger partial charge in [-0.1, -0.05) is 32.0 Å². The Bertz CT molecular complexity index is 450. The first-order chi connectivity index (χ1) is 8.36. The highest BCUT2D eigenvalue weighted by Gasteiger charge is 2.23. The number of sulfone groups is 1. The van der Waals surface area contributed by atoms with Crippen molar-refractivity contribution in [1.29, 1.82) is 0 Å². The lowest BCUT2D eigenvalue weighted by atomic mass is 10.3. The van der Waals surface area contributed by atoms with Crippen LogP contribution in [0.25, 0.3) is 0 Å². The van der Waals surface area contributed by atoms with Gasteiger partial charge in [0.15, 0.2) is 9.84 Å². The van der Waals surface area contributed by atoms with Crippen LogP contribution in [0, 0.1) is 0 Å². The zero-order valence-electron chi connectivity index (χ0n) is 10.4. The lowest BCUT2D eigenvalue weighted by Crippen LogP contribution is -2.19. The van der Waals surface area contributed by atoms with E-state index in [9.17, 15) is 8.42 Å². The Morgan fingerprint density at radius 3 is 1.83 bits per heavy atom. The average Bonchev–Trinajstić information content (AvgIpc) is 2.30. The third-order valence-corrected chi connectivity index (χ3v) is 4.89. The Balaban J connectivity index is 0.000000631. The van der Waals surface area contributed by atoms with Gasteiger partial charge in [-0.05, 0) is 25.0 Å². The number of hydrogen-bond acceptors (Lipinski definition) is 3. The molecule has 0 atom stereocenters. The van der Waals surface area contributed by atoms with E-state index in [2.05, 4.69) is 0 Å². The number of rotatable bonds is 4. The summed E-state index contributed by atoms with van der Waals surface area (Å²) in [4.78, 5) is 14.8. The highest BCUT2D eigenvalue weighted by Crippen LogP contribution is 2.19. The van der Waals surface area contributed by atoms with Crippen LogP contribution in [0.1, 0.15) is 26.7 Å². The van der Waals surface area contributed by atoms with E-state index in [1.54, 1.807) is 24.3 Å². The molecule has 0 amide bonds. The Hall–Kier alpha value is -0.680. The quantitative estimate of drug-likeness (QED) is 0.829. The maximum absolute atomic E-state index is 12.0. The van der Waals surface area contributed by atoms with Gasteiger partial charge in [0.25, 0.3) is 0 Å². The molecule has 104 valence electrons. The van der Waals surface area contributed by atoms with Crippen LogP contribution >= 0.6 is 8.25 Å². The average molecular weight is 294 g/mol. The van der Waals surface area contributed by atoms with Crippen molar-refractivity contribution in [2.45, 2.75) is 36.8 Å². The molecule has 1 aromatic carbocycles. The van der Waals surface area contributed by atoms with Crippen LogP contribution in [0.4, 0.5) is 0 Å². The maximum atomic E-state index is 12.0. The summed E-state index contributed by atoms with van der Waals surface area (Å²) in [5, 5.41) is -0.245. The Labute approximate surface area is 108 Å². The third kappa shape index (κ3) is 5.78. The minimum Gasteiger partial charge on any atom is -0.326 e. The molecule has 0 unspecified atom stereocenters. The Morgan fingerprint density at radius 2 is 1.50 bits per heavy atom. The van der Waals surface area contributed by atoms with E-state index in [1.165, 1.54) is 0 Å². The van der Waals surface area contributed by atoms with Gasteiger partial charge in [-0.25, -0.2) is 8.42 Å². The predicted octanol–water partition coefficient (Wildman–Crippen LogP) is 2.01. The van der Waals surface area contributed by atoms with Crippen molar-refractivity contribution in [3.63, 3.8) is 0 Å². The molecule has 0 spiro atoms. The van der Waals surface area contributed by atoms with Gasteiger partial charge in [0.05, 0.1) is 10.1 Å². The number of benzene rings is 1. The molecule has 2 N–H and O–H groups in total. The lowest BCUT2D eigenvalue weighted by Gasteiger charge is -2.13. The zero-order chi connectivity index (χ0) is 14.2. The topological polar surface area (TPSA) is 91.7 Å². The van der Waals surface area contributed by atoms with Crippen molar-refractivity contribution < 1.29 is 22.8 Å². The van der Waals surface area contributed by atoms with Gasteiger partial charge in [0.2, 0.25) is 0 Å². The third-order valence-electron chi connectivity index (χ3n) is 2.42. The highest BCUT2D eigenvalue weighted by molar-refractivity contribution is 7.92. The van der Waals surface area contributed by atoms with Gasteiger partial charge in [-0.15, -0.1) is 0 Å². The van der Waals surface area contributed by atoms with Gasteiger partial charge in [-0.2, -0.15) is 0 Å². The SMILES string of the molecule is CCC(CC)S(=O)(=O)c1ccccc1.O=[PH](O)O. The summed E-state index contributed by atoms with van der Waals surface area (Å²) in [5.74, 6) is 0. The van der Waals surface area contributed by atoms with E-state index >= 15 is 0 Å². The van der Waals surface area contributed by atoms with Crippen LogP contribution in [0.15, 0.2) is 35.2 Å². The molecule has 18 heavy (non-hydrogen) atoms. The van der Waals surface area contributed by atoms with E-state index in [-0.39, 0.29) is 5.25 Å². The van der Waals surface area contributed by atoms with Crippen LogP contribution in [0.5, 0.6) is 0 Å². The molecule has 1 aromatic rings. The fourth-order valence-corrected chi connectivity index (χ4v) is 3.33. The minimum atomic E-state index is -3.13. The van der Waals surface area contributed by atoms with Crippen LogP contribution in [0.3, 0.4) is 0 Å². The van der Waals surface area contributed by atoms with E-state index in [0.29, 0.717) is 17.7 Å². The van der Waals surface area contributed by atoms with Crippen molar-refractivity contribution >= 4 is 18.1 Å². The molecule has 0 heterocycles. The van der Waals surface area contributed by atoms with Crippen LogP contribution in [0.2, 0.25) is 0 Å². The standard InChI is InChI=1S/C11H16O2S.H3O3P/c1-3-10(4-2)14(12,13)11-8-6-5-7-9-11;1-4(2)3/h5-10H,3-4H2,1-2H3;4H,(H2,1,2,3). The summed E-state index contributed by atoms with van der Waals surface area (Å²) in [7, 11) is -6.23.